The topological polar surface area (TPSA) is 71.8 Å². The average Bonchev–Trinajstić information content (AvgIpc) is 3.12. The number of amides is 2. The summed E-state index contributed by atoms with van der Waals surface area (Å²) < 4.78 is 83.2. The van der Waals surface area contributed by atoms with Crippen LogP contribution >= 0.6 is 11.3 Å². The molecule has 1 N–H and O–H groups in total. The predicted molar refractivity (Wildman–Crippen MR) is 80.0 cm³/mol. The zero-order valence-electron chi connectivity index (χ0n) is 13.7. The molecule has 3 rings (SSSR count). The van der Waals surface area contributed by atoms with E-state index in [0.717, 1.165) is 20.8 Å². The minimum atomic E-state index is -4.80. The van der Waals surface area contributed by atoms with Gasteiger partial charge in [-0.3, -0.25) is 0 Å². The summed E-state index contributed by atoms with van der Waals surface area (Å²) in [4.78, 5) is 16.3. The van der Waals surface area contributed by atoms with E-state index >= 15 is 0 Å². The summed E-state index contributed by atoms with van der Waals surface area (Å²) in [6.45, 7) is -0.892. The van der Waals surface area contributed by atoms with Crippen LogP contribution in [0.15, 0.2) is 0 Å². The Labute approximate surface area is 151 Å². The Bertz CT molecular complexity index is 845. The Hall–Kier alpha value is -2.09. The van der Waals surface area contributed by atoms with Crippen molar-refractivity contribution in [2.24, 2.45) is 0 Å². The van der Waals surface area contributed by atoms with Crippen molar-refractivity contribution in [3.8, 4) is 0 Å². The van der Waals surface area contributed by atoms with Crippen LogP contribution in [-0.4, -0.2) is 51.4 Å². The molecule has 1 saturated heterocycles. The third kappa shape index (κ3) is 4.26. The molecule has 3 heterocycles. The van der Waals surface area contributed by atoms with Gasteiger partial charge < -0.3 is 15.0 Å². The average molecular weight is 417 g/mol. The molecule has 2 aromatic rings. The summed E-state index contributed by atoms with van der Waals surface area (Å²) in [6.07, 6.45) is -10.6. The standard InChI is InChI=1S/C13H13F6N5O2S/c1-26-5-8-22-24-7(9(13(17,18)19)21-11(24)27-8)4-23-3-6(20-10(23)25)2-12(14,15)16/h6H,2-5H2,1H3,(H,20,25). The van der Waals surface area contributed by atoms with E-state index < -0.39 is 48.8 Å². The van der Waals surface area contributed by atoms with E-state index in [1.54, 1.807) is 0 Å². The molecule has 0 bridgehead atoms. The first-order valence-electron chi connectivity index (χ1n) is 7.53. The second-order valence-corrected chi connectivity index (χ2v) is 6.91. The molecule has 7 nitrogen and oxygen atoms in total. The minimum Gasteiger partial charge on any atom is -0.377 e. The lowest BCUT2D eigenvalue weighted by atomic mass is 10.2. The molecule has 1 aliphatic rings. The van der Waals surface area contributed by atoms with Crippen molar-refractivity contribution in [3.63, 3.8) is 0 Å². The number of halogens is 6. The van der Waals surface area contributed by atoms with Crippen molar-refractivity contribution in [1.29, 1.82) is 0 Å². The fourth-order valence-corrected chi connectivity index (χ4v) is 3.64. The smallest absolute Gasteiger partial charge is 0.377 e. The molecule has 0 radical (unpaired) electrons. The number of aromatic nitrogens is 3. The molecule has 1 fully saturated rings. The highest BCUT2D eigenvalue weighted by Gasteiger charge is 2.42. The number of alkyl halides is 6. The molecule has 2 aromatic heterocycles. The highest BCUT2D eigenvalue weighted by atomic mass is 32.1. The van der Waals surface area contributed by atoms with Crippen LogP contribution in [0.2, 0.25) is 0 Å². The summed E-state index contributed by atoms with van der Waals surface area (Å²) in [5.74, 6) is 0. The normalized spacial score (nSPS) is 18.6. The van der Waals surface area contributed by atoms with Gasteiger partial charge in [0, 0.05) is 13.7 Å². The van der Waals surface area contributed by atoms with Crippen LogP contribution in [0.3, 0.4) is 0 Å². The van der Waals surface area contributed by atoms with E-state index in [1.807, 2.05) is 0 Å². The van der Waals surface area contributed by atoms with Crippen LogP contribution in [0.4, 0.5) is 31.1 Å². The molecule has 27 heavy (non-hydrogen) atoms. The third-order valence-electron chi connectivity index (χ3n) is 3.75. The van der Waals surface area contributed by atoms with Crippen molar-refractivity contribution in [1.82, 2.24) is 24.8 Å². The summed E-state index contributed by atoms with van der Waals surface area (Å²) in [6, 6.07) is -2.10. The Morgan fingerprint density at radius 2 is 2.00 bits per heavy atom. The van der Waals surface area contributed by atoms with Crippen molar-refractivity contribution in [2.45, 2.75) is 38.0 Å². The number of nitrogens with one attached hydrogen (secondary N) is 1. The van der Waals surface area contributed by atoms with Crippen molar-refractivity contribution < 1.29 is 35.9 Å². The van der Waals surface area contributed by atoms with Gasteiger partial charge in [-0.1, -0.05) is 11.3 Å². The van der Waals surface area contributed by atoms with Gasteiger partial charge in [-0.05, 0) is 0 Å². The van der Waals surface area contributed by atoms with Crippen molar-refractivity contribution in [3.05, 3.63) is 16.4 Å². The molecule has 1 aliphatic heterocycles. The van der Waals surface area contributed by atoms with Gasteiger partial charge in [-0.2, -0.15) is 31.4 Å². The first kappa shape index (κ1) is 19.7. The molecule has 1 atom stereocenters. The fraction of sp³-hybridized carbons (Fsp3) is 0.615. The number of rotatable bonds is 5. The minimum absolute atomic E-state index is 0.0455. The van der Waals surface area contributed by atoms with Gasteiger partial charge in [-0.25, -0.2) is 14.3 Å². The number of urea groups is 1. The van der Waals surface area contributed by atoms with Crippen LogP contribution in [0, 0.1) is 0 Å². The van der Waals surface area contributed by atoms with Gasteiger partial charge in [0.15, 0.2) is 5.69 Å². The van der Waals surface area contributed by atoms with Gasteiger partial charge in [0.1, 0.15) is 5.01 Å². The molecule has 0 spiro atoms. The van der Waals surface area contributed by atoms with Crippen LogP contribution in [0.5, 0.6) is 0 Å². The second-order valence-electron chi connectivity index (χ2n) is 5.87. The summed E-state index contributed by atoms with van der Waals surface area (Å²) >= 11 is 0.888. The van der Waals surface area contributed by atoms with Crippen LogP contribution in [0.25, 0.3) is 4.96 Å². The lowest BCUT2D eigenvalue weighted by Crippen LogP contribution is -2.31. The van der Waals surface area contributed by atoms with E-state index in [1.165, 1.54) is 7.11 Å². The Morgan fingerprint density at radius 3 is 2.59 bits per heavy atom. The number of carbonyl (C=O) groups excluding carboxylic acids is 1. The molecule has 14 heteroatoms. The summed E-state index contributed by atoms with van der Waals surface area (Å²) in [5, 5.41) is 6.49. The summed E-state index contributed by atoms with van der Waals surface area (Å²) in [5.41, 5.74) is -1.64. The van der Waals surface area contributed by atoms with Gasteiger partial charge in [0.05, 0.1) is 31.3 Å². The van der Waals surface area contributed by atoms with Crippen LogP contribution in [0.1, 0.15) is 22.8 Å². The number of hydrogen-bond acceptors (Lipinski definition) is 5. The zero-order valence-corrected chi connectivity index (χ0v) is 14.5. The maximum absolute atomic E-state index is 13.3. The van der Waals surface area contributed by atoms with Gasteiger partial charge in [-0.15, -0.1) is 0 Å². The zero-order chi connectivity index (χ0) is 20.0. The maximum Gasteiger partial charge on any atom is 0.435 e. The number of methoxy groups -OCH3 is 1. The Kier molecular flexibility index (Phi) is 4.96. The van der Waals surface area contributed by atoms with E-state index in [-0.39, 0.29) is 18.1 Å². The van der Waals surface area contributed by atoms with E-state index in [4.69, 9.17) is 4.74 Å². The number of fused-ring (bicyclic) bond motifs is 1. The third-order valence-corrected chi connectivity index (χ3v) is 4.63. The monoisotopic (exact) mass is 417 g/mol. The van der Waals surface area contributed by atoms with Crippen molar-refractivity contribution in [2.75, 3.05) is 13.7 Å². The molecule has 150 valence electrons. The van der Waals surface area contributed by atoms with Crippen LogP contribution < -0.4 is 5.32 Å². The lowest BCUT2D eigenvalue weighted by molar-refractivity contribution is -0.141. The number of nitrogens with zero attached hydrogens (tertiary/aromatic N) is 4. The number of carbonyl (C=O) groups is 1. The largest absolute Gasteiger partial charge is 0.435 e. The van der Waals surface area contributed by atoms with Crippen molar-refractivity contribution >= 4 is 22.3 Å². The first-order chi connectivity index (χ1) is 12.5. The molecule has 1 unspecified atom stereocenters. The Morgan fingerprint density at radius 1 is 1.30 bits per heavy atom. The maximum atomic E-state index is 13.3. The predicted octanol–water partition coefficient (Wildman–Crippen LogP) is 2.80. The second kappa shape index (κ2) is 6.82. The van der Waals surface area contributed by atoms with E-state index in [0.29, 0.717) is 5.01 Å². The summed E-state index contributed by atoms with van der Waals surface area (Å²) in [7, 11) is 1.39. The number of imidazole rings is 1. The lowest BCUT2D eigenvalue weighted by Gasteiger charge is -2.16. The molecule has 0 aliphatic carbocycles. The highest BCUT2D eigenvalue weighted by Crippen LogP contribution is 2.34. The molecule has 0 aromatic carbocycles. The quantitative estimate of drug-likeness (QED) is 0.760. The highest BCUT2D eigenvalue weighted by molar-refractivity contribution is 7.16. The molecular formula is C13H13F6N5O2S. The number of hydrogen-bond donors (Lipinski definition) is 1. The SMILES string of the molecule is COCc1nn2c(CN3CC(CC(F)(F)F)NC3=O)c(C(F)(F)F)nc2s1. The van der Waals surface area contributed by atoms with E-state index in [9.17, 15) is 31.1 Å². The fourth-order valence-electron chi connectivity index (χ4n) is 2.75. The van der Waals surface area contributed by atoms with Gasteiger partial charge >= 0.3 is 18.4 Å². The first-order valence-corrected chi connectivity index (χ1v) is 8.35. The molecule has 2 amide bonds. The van der Waals surface area contributed by atoms with E-state index in [2.05, 4.69) is 15.4 Å². The Balaban J connectivity index is 1.89. The molecule has 0 saturated carbocycles. The molecular weight excluding hydrogens is 404 g/mol. The number of ether oxygens (including phenoxy) is 1. The van der Waals surface area contributed by atoms with Crippen LogP contribution in [-0.2, 0) is 24.1 Å². The van der Waals surface area contributed by atoms with Gasteiger partial charge in [0.2, 0.25) is 4.96 Å². The van der Waals surface area contributed by atoms with Gasteiger partial charge in [0.25, 0.3) is 0 Å².